The van der Waals surface area contributed by atoms with Gasteiger partial charge >= 0.3 is 0 Å². The number of pyridine rings is 1. The number of halogens is 2. The SMILES string of the molecule is CC(N)C(Cc1ccc(Cl)cc1)c1cncc(F)c1. The predicted octanol–water partition coefficient (Wildman–Crippen LogP) is 3.55. The predicted molar refractivity (Wildman–Crippen MR) is 75.7 cm³/mol. The molecule has 0 saturated carbocycles. The lowest BCUT2D eigenvalue weighted by Crippen LogP contribution is -2.26. The van der Waals surface area contributed by atoms with Crippen LogP contribution in [0.5, 0.6) is 0 Å². The largest absolute Gasteiger partial charge is 0.327 e. The van der Waals surface area contributed by atoms with E-state index in [0.717, 1.165) is 17.5 Å². The van der Waals surface area contributed by atoms with Crippen LogP contribution >= 0.6 is 11.6 Å². The summed E-state index contributed by atoms with van der Waals surface area (Å²) in [5.41, 5.74) is 7.97. The van der Waals surface area contributed by atoms with Crippen molar-refractivity contribution in [2.45, 2.75) is 25.3 Å². The molecule has 2 atom stereocenters. The van der Waals surface area contributed by atoms with E-state index in [1.165, 1.54) is 12.3 Å². The van der Waals surface area contributed by atoms with Crippen LogP contribution in [-0.4, -0.2) is 11.0 Å². The van der Waals surface area contributed by atoms with Gasteiger partial charge in [-0.2, -0.15) is 0 Å². The van der Waals surface area contributed by atoms with Crippen molar-refractivity contribution in [3.63, 3.8) is 0 Å². The highest BCUT2D eigenvalue weighted by Crippen LogP contribution is 2.24. The molecule has 0 spiro atoms. The van der Waals surface area contributed by atoms with Crippen LogP contribution in [0.4, 0.5) is 4.39 Å². The van der Waals surface area contributed by atoms with E-state index >= 15 is 0 Å². The van der Waals surface area contributed by atoms with Gasteiger partial charge in [0.25, 0.3) is 0 Å². The first-order chi connectivity index (χ1) is 9.06. The van der Waals surface area contributed by atoms with E-state index in [4.69, 9.17) is 17.3 Å². The molecule has 19 heavy (non-hydrogen) atoms. The van der Waals surface area contributed by atoms with Crippen LogP contribution in [0, 0.1) is 5.82 Å². The molecule has 0 aliphatic rings. The fraction of sp³-hybridized carbons (Fsp3) is 0.267. The maximum atomic E-state index is 13.3. The van der Waals surface area contributed by atoms with E-state index in [-0.39, 0.29) is 17.8 Å². The number of hydrogen-bond donors (Lipinski definition) is 1. The minimum Gasteiger partial charge on any atom is -0.327 e. The standard InChI is InChI=1S/C15H16ClFN2/c1-10(18)15(12-7-14(17)9-19-8-12)6-11-2-4-13(16)5-3-11/h2-5,7-10,15H,6,18H2,1H3. The van der Waals surface area contributed by atoms with Gasteiger partial charge in [0, 0.05) is 23.2 Å². The lowest BCUT2D eigenvalue weighted by Gasteiger charge is -2.21. The highest BCUT2D eigenvalue weighted by atomic mass is 35.5. The molecule has 2 nitrogen and oxygen atoms in total. The van der Waals surface area contributed by atoms with Crippen molar-refractivity contribution >= 4 is 11.6 Å². The third kappa shape index (κ3) is 3.75. The molecule has 0 aliphatic carbocycles. The molecule has 2 unspecified atom stereocenters. The molecule has 0 fully saturated rings. The molecule has 0 saturated heterocycles. The molecule has 1 heterocycles. The summed E-state index contributed by atoms with van der Waals surface area (Å²) >= 11 is 5.86. The van der Waals surface area contributed by atoms with Gasteiger partial charge in [-0.05, 0) is 42.7 Å². The molecule has 0 aliphatic heterocycles. The van der Waals surface area contributed by atoms with Gasteiger partial charge in [-0.25, -0.2) is 4.39 Å². The summed E-state index contributed by atoms with van der Waals surface area (Å²) in [6, 6.07) is 9.03. The minimum atomic E-state index is -0.334. The first kappa shape index (κ1) is 14.0. The van der Waals surface area contributed by atoms with Gasteiger partial charge in [0.2, 0.25) is 0 Å². The molecule has 4 heteroatoms. The first-order valence-corrected chi connectivity index (χ1v) is 6.54. The Bertz CT molecular complexity index is 540. The number of benzene rings is 1. The van der Waals surface area contributed by atoms with Crippen LogP contribution in [-0.2, 0) is 6.42 Å². The van der Waals surface area contributed by atoms with Crippen LogP contribution in [0.25, 0.3) is 0 Å². The number of aromatic nitrogens is 1. The quantitative estimate of drug-likeness (QED) is 0.929. The topological polar surface area (TPSA) is 38.9 Å². The molecular formula is C15H16ClFN2. The zero-order valence-corrected chi connectivity index (χ0v) is 11.4. The minimum absolute atomic E-state index is 0.0318. The van der Waals surface area contributed by atoms with Crippen LogP contribution in [0.3, 0.4) is 0 Å². The molecule has 0 radical (unpaired) electrons. The van der Waals surface area contributed by atoms with Crippen molar-refractivity contribution < 1.29 is 4.39 Å². The average Bonchev–Trinajstić information content (AvgIpc) is 2.37. The highest BCUT2D eigenvalue weighted by molar-refractivity contribution is 6.30. The Kier molecular flexibility index (Phi) is 4.51. The lowest BCUT2D eigenvalue weighted by atomic mass is 9.88. The van der Waals surface area contributed by atoms with Crippen molar-refractivity contribution in [2.24, 2.45) is 5.73 Å². The van der Waals surface area contributed by atoms with Crippen molar-refractivity contribution in [1.82, 2.24) is 4.98 Å². The van der Waals surface area contributed by atoms with E-state index in [2.05, 4.69) is 4.98 Å². The second-order valence-corrected chi connectivity index (χ2v) is 5.17. The van der Waals surface area contributed by atoms with Crippen molar-refractivity contribution in [2.75, 3.05) is 0 Å². The smallest absolute Gasteiger partial charge is 0.141 e. The third-order valence-corrected chi connectivity index (χ3v) is 3.41. The molecule has 0 amide bonds. The van der Waals surface area contributed by atoms with E-state index in [0.29, 0.717) is 5.02 Å². The number of nitrogens with two attached hydrogens (primary N) is 1. The van der Waals surface area contributed by atoms with Crippen molar-refractivity contribution in [3.05, 3.63) is 64.7 Å². The maximum Gasteiger partial charge on any atom is 0.141 e. The third-order valence-electron chi connectivity index (χ3n) is 3.16. The maximum absolute atomic E-state index is 13.3. The van der Waals surface area contributed by atoms with Gasteiger partial charge in [-0.3, -0.25) is 4.98 Å². The van der Waals surface area contributed by atoms with Gasteiger partial charge in [-0.1, -0.05) is 23.7 Å². The van der Waals surface area contributed by atoms with Crippen LogP contribution < -0.4 is 5.73 Å². The molecule has 1 aromatic heterocycles. The van der Waals surface area contributed by atoms with Gasteiger partial charge in [-0.15, -0.1) is 0 Å². The zero-order chi connectivity index (χ0) is 13.8. The van der Waals surface area contributed by atoms with Crippen LogP contribution in [0.1, 0.15) is 24.0 Å². The monoisotopic (exact) mass is 278 g/mol. The fourth-order valence-electron chi connectivity index (χ4n) is 2.11. The Morgan fingerprint density at radius 3 is 2.53 bits per heavy atom. The van der Waals surface area contributed by atoms with Crippen LogP contribution in [0.2, 0.25) is 5.02 Å². The van der Waals surface area contributed by atoms with E-state index < -0.39 is 0 Å². The van der Waals surface area contributed by atoms with Gasteiger partial charge in [0.1, 0.15) is 5.82 Å². The number of nitrogens with zero attached hydrogens (tertiary/aromatic N) is 1. The normalized spacial score (nSPS) is 14.1. The summed E-state index contributed by atoms with van der Waals surface area (Å²) in [7, 11) is 0. The summed E-state index contributed by atoms with van der Waals surface area (Å²) in [5, 5.41) is 0.702. The summed E-state index contributed by atoms with van der Waals surface area (Å²) in [6.45, 7) is 1.92. The first-order valence-electron chi connectivity index (χ1n) is 6.16. The summed E-state index contributed by atoms with van der Waals surface area (Å²) in [4.78, 5) is 3.89. The second kappa shape index (κ2) is 6.13. The van der Waals surface area contributed by atoms with E-state index in [1.807, 2.05) is 31.2 Å². The van der Waals surface area contributed by atoms with Gasteiger partial charge in [0.05, 0.1) is 6.20 Å². The van der Waals surface area contributed by atoms with E-state index in [1.54, 1.807) is 6.20 Å². The molecule has 0 bridgehead atoms. The molecule has 100 valence electrons. The van der Waals surface area contributed by atoms with Crippen LogP contribution in [0.15, 0.2) is 42.7 Å². The highest BCUT2D eigenvalue weighted by Gasteiger charge is 2.17. The Morgan fingerprint density at radius 1 is 1.26 bits per heavy atom. The summed E-state index contributed by atoms with van der Waals surface area (Å²) in [6.07, 6.45) is 3.61. The average molecular weight is 279 g/mol. The Balaban J connectivity index is 2.23. The fourth-order valence-corrected chi connectivity index (χ4v) is 2.24. The summed E-state index contributed by atoms with van der Waals surface area (Å²) < 4.78 is 13.3. The second-order valence-electron chi connectivity index (χ2n) is 4.73. The van der Waals surface area contributed by atoms with Crippen molar-refractivity contribution in [3.8, 4) is 0 Å². The lowest BCUT2D eigenvalue weighted by molar-refractivity contribution is 0.553. The van der Waals surface area contributed by atoms with Gasteiger partial charge in [0.15, 0.2) is 0 Å². The van der Waals surface area contributed by atoms with Crippen molar-refractivity contribution in [1.29, 1.82) is 0 Å². The number of hydrogen-bond acceptors (Lipinski definition) is 2. The Hall–Kier alpha value is -1.45. The molecule has 2 rings (SSSR count). The zero-order valence-electron chi connectivity index (χ0n) is 10.7. The van der Waals surface area contributed by atoms with E-state index in [9.17, 15) is 4.39 Å². The molecule has 2 N–H and O–H groups in total. The Morgan fingerprint density at radius 2 is 1.95 bits per heavy atom. The molecule has 2 aromatic rings. The van der Waals surface area contributed by atoms with Gasteiger partial charge < -0.3 is 5.73 Å². The number of rotatable bonds is 4. The molecular weight excluding hydrogens is 263 g/mol. The molecule has 1 aromatic carbocycles. The Labute approximate surface area is 117 Å². The summed E-state index contributed by atoms with van der Waals surface area (Å²) in [5.74, 6) is -0.302.